The van der Waals surface area contributed by atoms with E-state index in [4.69, 9.17) is 10.5 Å². The van der Waals surface area contributed by atoms with Gasteiger partial charge >= 0.3 is 0 Å². The minimum atomic E-state index is 0.0897. The molecule has 1 heterocycles. The number of thiophene rings is 1. The number of hydrogen-bond acceptors (Lipinski definition) is 3. The van der Waals surface area contributed by atoms with E-state index in [0.717, 1.165) is 18.9 Å². The fourth-order valence-corrected chi connectivity index (χ4v) is 3.93. The highest BCUT2D eigenvalue weighted by Gasteiger charge is 2.24. The summed E-state index contributed by atoms with van der Waals surface area (Å²) in [4.78, 5) is 1.32. The van der Waals surface area contributed by atoms with Crippen molar-refractivity contribution in [2.75, 3.05) is 6.61 Å². The number of ether oxygens (including phenoxy) is 1. The molecule has 0 amide bonds. The molecule has 2 nitrogen and oxygen atoms in total. The van der Waals surface area contributed by atoms with Gasteiger partial charge in [-0.15, -0.1) is 11.3 Å². The molecule has 1 aromatic heterocycles. The first kappa shape index (κ1) is 15.0. The maximum atomic E-state index is 6.27. The van der Waals surface area contributed by atoms with Gasteiger partial charge in [-0.2, -0.15) is 0 Å². The van der Waals surface area contributed by atoms with Crippen LogP contribution < -0.4 is 5.73 Å². The molecule has 1 aliphatic carbocycles. The van der Waals surface area contributed by atoms with Crippen LogP contribution in [0.5, 0.6) is 0 Å². The molecule has 2 unspecified atom stereocenters. The lowest BCUT2D eigenvalue weighted by Crippen LogP contribution is -2.31. The number of aryl methyl sites for hydroxylation is 1. The normalized spacial score (nSPS) is 20.4. The fourth-order valence-electron chi connectivity index (χ4n) is 2.88. The fraction of sp³-hybridized carbons (Fsp3) is 0.750. The summed E-state index contributed by atoms with van der Waals surface area (Å²) in [7, 11) is 0. The lowest BCUT2D eigenvalue weighted by Gasteiger charge is -2.27. The van der Waals surface area contributed by atoms with Gasteiger partial charge in [-0.1, -0.05) is 26.2 Å². The second kappa shape index (κ2) is 7.41. The van der Waals surface area contributed by atoms with E-state index in [-0.39, 0.29) is 12.1 Å². The van der Waals surface area contributed by atoms with Gasteiger partial charge in [-0.3, -0.25) is 0 Å². The van der Waals surface area contributed by atoms with E-state index in [1.807, 2.05) is 0 Å². The van der Waals surface area contributed by atoms with Crippen molar-refractivity contribution in [2.24, 2.45) is 11.7 Å². The van der Waals surface area contributed by atoms with E-state index in [1.165, 1.54) is 42.5 Å². The molecule has 1 aromatic rings. The first-order chi connectivity index (χ1) is 9.22. The molecule has 108 valence electrons. The average molecular weight is 281 g/mol. The van der Waals surface area contributed by atoms with Gasteiger partial charge in [0, 0.05) is 10.9 Å². The molecule has 1 saturated carbocycles. The first-order valence-corrected chi connectivity index (χ1v) is 8.51. The first-order valence-electron chi connectivity index (χ1n) is 7.63. The number of rotatable bonds is 6. The van der Waals surface area contributed by atoms with Gasteiger partial charge in [0.25, 0.3) is 0 Å². The highest BCUT2D eigenvalue weighted by Crippen LogP contribution is 2.32. The third-order valence-corrected chi connectivity index (χ3v) is 5.34. The van der Waals surface area contributed by atoms with Crippen molar-refractivity contribution in [3.8, 4) is 0 Å². The molecule has 1 fully saturated rings. The smallest absolute Gasteiger partial charge is 0.107 e. The van der Waals surface area contributed by atoms with Gasteiger partial charge in [0.15, 0.2) is 0 Å². The monoisotopic (exact) mass is 281 g/mol. The van der Waals surface area contributed by atoms with Crippen molar-refractivity contribution < 1.29 is 4.74 Å². The Morgan fingerprint density at radius 2 is 2.11 bits per heavy atom. The van der Waals surface area contributed by atoms with Crippen LogP contribution in [-0.4, -0.2) is 12.6 Å². The Morgan fingerprint density at radius 1 is 1.37 bits per heavy atom. The SMILES string of the molecule is CCC(N)C(OCC1CCCCC1)c1sccc1C. The zero-order valence-electron chi connectivity index (χ0n) is 12.2. The van der Waals surface area contributed by atoms with Gasteiger partial charge in [0.2, 0.25) is 0 Å². The van der Waals surface area contributed by atoms with Crippen LogP contribution in [-0.2, 0) is 4.74 Å². The third kappa shape index (κ3) is 4.04. The number of hydrogen-bond donors (Lipinski definition) is 1. The molecule has 2 atom stereocenters. The zero-order chi connectivity index (χ0) is 13.7. The summed E-state index contributed by atoms with van der Waals surface area (Å²) in [5, 5.41) is 2.14. The standard InChI is InChI=1S/C16H27NOS/c1-3-14(17)15(16-12(2)9-10-19-16)18-11-13-7-5-4-6-8-13/h9-10,13-15H,3-8,11,17H2,1-2H3. The Bertz CT molecular complexity index is 371. The Morgan fingerprint density at radius 3 is 2.68 bits per heavy atom. The van der Waals surface area contributed by atoms with Crippen LogP contribution in [0.4, 0.5) is 0 Å². The summed E-state index contributed by atoms with van der Waals surface area (Å²) in [5.74, 6) is 0.751. The van der Waals surface area contributed by atoms with Crippen LogP contribution in [0, 0.1) is 12.8 Å². The largest absolute Gasteiger partial charge is 0.371 e. The van der Waals surface area contributed by atoms with E-state index >= 15 is 0 Å². The summed E-state index contributed by atoms with van der Waals surface area (Å²) >= 11 is 1.78. The van der Waals surface area contributed by atoms with Crippen LogP contribution in [0.25, 0.3) is 0 Å². The summed E-state index contributed by atoms with van der Waals surface area (Å²) in [5.41, 5.74) is 7.60. The minimum absolute atomic E-state index is 0.0897. The van der Waals surface area contributed by atoms with Crippen LogP contribution >= 0.6 is 11.3 Å². The van der Waals surface area contributed by atoms with E-state index < -0.39 is 0 Å². The zero-order valence-corrected chi connectivity index (χ0v) is 13.0. The van der Waals surface area contributed by atoms with Crippen LogP contribution in [0.3, 0.4) is 0 Å². The van der Waals surface area contributed by atoms with E-state index in [0.29, 0.717) is 0 Å². The van der Waals surface area contributed by atoms with E-state index in [9.17, 15) is 0 Å². The maximum absolute atomic E-state index is 6.27. The molecule has 2 N–H and O–H groups in total. The Hall–Kier alpha value is -0.380. The van der Waals surface area contributed by atoms with Gasteiger partial charge in [0.05, 0.1) is 6.61 Å². The highest BCUT2D eigenvalue weighted by molar-refractivity contribution is 7.10. The molecule has 0 bridgehead atoms. The Balaban J connectivity index is 1.96. The van der Waals surface area contributed by atoms with Crippen LogP contribution in [0.1, 0.15) is 62.0 Å². The molecule has 0 spiro atoms. The summed E-state index contributed by atoms with van der Waals surface area (Å²) in [6, 6.07) is 2.28. The van der Waals surface area contributed by atoms with Gasteiger partial charge in [0.1, 0.15) is 6.10 Å². The molecule has 0 aromatic carbocycles. The predicted octanol–water partition coefficient (Wildman–Crippen LogP) is 4.43. The average Bonchev–Trinajstić information content (AvgIpc) is 2.86. The molecular weight excluding hydrogens is 254 g/mol. The summed E-state index contributed by atoms with van der Waals surface area (Å²) in [6.07, 6.45) is 7.86. The van der Waals surface area contributed by atoms with Crippen LogP contribution in [0.2, 0.25) is 0 Å². The third-order valence-electron chi connectivity index (χ3n) is 4.26. The van der Waals surface area contributed by atoms with Crippen molar-refractivity contribution in [3.05, 3.63) is 21.9 Å². The molecule has 2 rings (SSSR count). The Labute approximate surface area is 121 Å². The molecule has 0 saturated heterocycles. The molecule has 1 aliphatic rings. The maximum Gasteiger partial charge on any atom is 0.107 e. The van der Waals surface area contributed by atoms with Gasteiger partial charge < -0.3 is 10.5 Å². The summed E-state index contributed by atoms with van der Waals surface area (Å²) < 4.78 is 6.24. The highest BCUT2D eigenvalue weighted by atomic mass is 32.1. The molecule has 19 heavy (non-hydrogen) atoms. The molecule has 0 radical (unpaired) electrons. The van der Waals surface area contributed by atoms with E-state index in [2.05, 4.69) is 25.3 Å². The summed E-state index contributed by atoms with van der Waals surface area (Å²) in [6.45, 7) is 5.19. The van der Waals surface area contributed by atoms with Crippen molar-refractivity contribution >= 4 is 11.3 Å². The topological polar surface area (TPSA) is 35.2 Å². The van der Waals surface area contributed by atoms with E-state index in [1.54, 1.807) is 11.3 Å². The minimum Gasteiger partial charge on any atom is -0.371 e. The lowest BCUT2D eigenvalue weighted by molar-refractivity contribution is 0.00610. The second-order valence-corrected chi connectivity index (χ2v) is 6.75. The number of nitrogens with two attached hydrogens (primary N) is 1. The predicted molar refractivity (Wildman–Crippen MR) is 82.6 cm³/mol. The van der Waals surface area contributed by atoms with Gasteiger partial charge in [-0.25, -0.2) is 0 Å². The molecule has 0 aliphatic heterocycles. The Kier molecular flexibility index (Phi) is 5.86. The quantitative estimate of drug-likeness (QED) is 0.837. The molecular formula is C16H27NOS. The lowest BCUT2D eigenvalue weighted by atomic mass is 9.90. The van der Waals surface area contributed by atoms with Crippen molar-refractivity contribution in [1.82, 2.24) is 0 Å². The van der Waals surface area contributed by atoms with Crippen LogP contribution in [0.15, 0.2) is 11.4 Å². The second-order valence-electron chi connectivity index (χ2n) is 5.80. The van der Waals surface area contributed by atoms with Crippen molar-refractivity contribution in [2.45, 2.75) is 64.5 Å². The van der Waals surface area contributed by atoms with Crippen molar-refractivity contribution in [1.29, 1.82) is 0 Å². The van der Waals surface area contributed by atoms with Gasteiger partial charge in [-0.05, 0) is 49.1 Å². The van der Waals surface area contributed by atoms with Crippen molar-refractivity contribution in [3.63, 3.8) is 0 Å². The molecule has 3 heteroatoms.